The third-order valence-corrected chi connectivity index (χ3v) is 32.8. The highest BCUT2D eigenvalue weighted by Crippen LogP contribution is 2.58. The van der Waals surface area contributed by atoms with Crippen molar-refractivity contribution in [3.8, 4) is 0 Å². The normalized spacial score (nSPS) is 30.7. The van der Waals surface area contributed by atoms with Crippen molar-refractivity contribution in [1.82, 2.24) is 29.4 Å². The molecule has 2 aliphatic carbocycles. The Kier molecular flexibility index (Phi) is 28.9. The molecule has 0 amide bonds. The number of rotatable bonds is 24. The number of aliphatic hydroxyl groups excluding tert-OH is 4. The molecule has 696 valence electrons. The Balaban J connectivity index is 1.11. The Morgan fingerprint density at radius 2 is 0.438 bits per heavy atom. The molecule has 6 atom stereocenters. The summed E-state index contributed by atoms with van der Waals surface area (Å²) < 4.78 is 52.3. The van der Waals surface area contributed by atoms with E-state index in [-0.39, 0.29) is 38.5 Å². The van der Waals surface area contributed by atoms with Gasteiger partial charge in [-0.2, -0.15) is 0 Å². The van der Waals surface area contributed by atoms with E-state index in [9.17, 15) is 20.4 Å². The average Bonchev–Trinajstić information content (AvgIpc) is 0.738. The van der Waals surface area contributed by atoms with Gasteiger partial charge in [0.1, 0.15) is 36.6 Å². The Morgan fingerprint density at radius 1 is 0.281 bits per heavy atom. The smallest absolute Gasteiger partial charge is 0.336 e. The number of hydrogen-bond donors (Lipinski definition) is 4. The summed E-state index contributed by atoms with van der Waals surface area (Å²) in [6.45, 7) is 57.5. The van der Waals surface area contributed by atoms with Gasteiger partial charge >= 0.3 is 47.8 Å². The molecule has 6 aliphatic heterocycles. The van der Waals surface area contributed by atoms with Crippen LogP contribution in [-0.2, 0) is 76.3 Å². The fourth-order valence-corrected chi connectivity index (χ4v) is 24.6. The summed E-state index contributed by atoms with van der Waals surface area (Å²) >= 11 is 0. The molecule has 0 radical (unpaired) electrons. The number of hydrogen-bond acceptors (Lipinski definition) is 26. The zero-order chi connectivity index (χ0) is 92.5. The van der Waals surface area contributed by atoms with Gasteiger partial charge in [0, 0.05) is 166 Å². The Labute approximate surface area is 727 Å². The van der Waals surface area contributed by atoms with Crippen molar-refractivity contribution in [3.05, 3.63) is 0 Å². The minimum Gasteiger partial charge on any atom is -0.464 e. The van der Waals surface area contributed by atoms with Crippen molar-refractivity contribution in [1.29, 1.82) is 0 Å². The first kappa shape index (κ1) is 102. The van der Waals surface area contributed by atoms with Crippen LogP contribution in [-0.4, -0.2) is 281 Å². The van der Waals surface area contributed by atoms with Gasteiger partial charge in [-0.25, -0.2) is 0 Å². The number of ether oxygens (including phenoxy) is 8. The van der Waals surface area contributed by atoms with Crippen molar-refractivity contribution >= 4 is 47.8 Å². The van der Waals surface area contributed by atoms with Crippen LogP contribution in [0.1, 0.15) is 323 Å². The van der Waals surface area contributed by atoms with Gasteiger partial charge in [-0.3, -0.25) is 67.8 Å². The lowest BCUT2D eigenvalue weighted by Crippen LogP contribution is -2.64. The molecule has 0 aromatic heterocycles. The standard InChI is InChI=1S/C95H166N6O20/c1-37-63(71(106)116-57-39-81(7,8)96(31)82(9,10)40-57)94(75(110)118-59-43-85(15,16)98(33)86(17,18)44-59,76(111)119-60-45-87(19,20)99(34)88(21,22)46-60)73(108)114-55-79(3,4)69-65(102)51-93(52-66(69)103)53-67(104)70(68(105)54-93)80(5,6)56-115-74(109)95(77(112)120-61-47-89(23,24)100(35)90(25,26)48-61,78(113)121-62-49-91(27,28)101(36)92(29,30)50-62)64(38-2)72(107)117-58-41-83(11,12)97(32)84(13,14)42-58/h57-70,102-105H,37-56H2,1-36H3. The monoisotopic (exact) mass is 1710 g/mol. The van der Waals surface area contributed by atoms with Crippen LogP contribution in [0.5, 0.6) is 0 Å². The van der Waals surface area contributed by atoms with Gasteiger partial charge in [0.2, 0.25) is 0 Å². The molecule has 0 bridgehead atoms. The molecule has 0 aromatic rings. The van der Waals surface area contributed by atoms with Crippen molar-refractivity contribution in [2.24, 2.45) is 50.7 Å². The van der Waals surface area contributed by atoms with Crippen LogP contribution in [0, 0.1) is 50.7 Å². The lowest BCUT2D eigenvalue weighted by molar-refractivity contribution is -0.211. The van der Waals surface area contributed by atoms with E-state index >= 15 is 38.4 Å². The number of aliphatic hydroxyl groups is 4. The molecule has 6 unspecified atom stereocenters. The molecule has 121 heavy (non-hydrogen) atoms. The zero-order valence-corrected chi connectivity index (χ0v) is 81.7. The quantitative estimate of drug-likeness (QED) is 0.0396. The molecule has 26 heteroatoms. The largest absolute Gasteiger partial charge is 0.464 e. The maximum absolute atomic E-state index is 16.3. The van der Waals surface area contributed by atoms with E-state index in [4.69, 9.17) is 37.9 Å². The molecule has 0 aromatic carbocycles. The van der Waals surface area contributed by atoms with Gasteiger partial charge in [0.25, 0.3) is 10.8 Å². The molecule has 6 saturated heterocycles. The third kappa shape index (κ3) is 20.1. The van der Waals surface area contributed by atoms with Gasteiger partial charge < -0.3 is 58.3 Å². The molecular weight excluding hydrogens is 1550 g/mol. The lowest BCUT2D eigenvalue weighted by atomic mass is 9.53. The minimum atomic E-state index is -3.11. The number of nitrogens with zero attached hydrogens (tertiary/aromatic N) is 6. The molecule has 4 N–H and O–H groups in total. The lowest BCUT2D eigenvalue weighted by Gasteiger charge is -2.56. The fraction of sp³-hybridized carbons (Fsp3) is 0.916. The SMILES string of the molecule is CCC(C(=O)OC1CC(C)(C)N(C)C(C)(C)C1)C(C(=O)OCC(C)(C)C1C(O)CC2(CC1O)CC(O)C(C(C)(C)COC(=O)C(C(=O)OC1CC(C)(C)N(C)C(C)(C)C1)(C(=O)OC1CC(C)(C)N(C)C(C)(C)C1)C(CC)C(=O)OC1CC(C)(C)N(C)C(C)(C)C1)C(O)C2)(C(=O)OC1CC(C)(C)N(C)C(C)(C)C1)C(=O)OC1CC(C)(C)N(C)C(C)(C)C1. The highest BCUT2D eigenvalue weighted by atomic mass is 16.6. The number of piperidine rings is 6. The van der Waals surface area contributed by atoms with E-state index < -0.39 is 239 Å². The highest BCUT2D eigenvalue weighted by molar-refractivity contribution is 6.21. The van der Waals surface area contributed by atoms with E-state index in [0.717, 1.165) is 0 Å². The van der Waals surface area contributed by atoms with E-state index in [2.05, 4.69) is 84.8 Å². The van der Waals surface area contributed by atoms with Gasteiger partial charge in [0.15, 0.2) is 0 Å². The molecule has 6 heterocycles. The summed E-state index contributed by atoms with van der Waals surface area (Å²) in [6, 6.07) is 0. The van der Waals surface area contributed by atoms with Gasteiger partial charge in [0.05, 0.1) is 49.5 Å². The van der Waals surface area contributed by atoms with E-state index in [1.54, 1.807) is 41.5 Å². The predicted octanol–water partition coefficient (Wildman–Crippen LogP) is 12.6. The topological polar surface area (TPSA) is 311 Å². The number of likely N-dealkylation sites (tertiary alicyclic amines) is 6. The van der Waals surface area contributed by atoms with Crippen molar-refractivity contribution in [3.63, 3.8) is 0 Å². The Morgan fingerprint density at radius 3 is 0.595 bits per heavy atom. The maximum Gasteiger partial charge on any atom is 0.336 e. The van der Waals surface area contributed by atoms with Gasteiger partial charge in [-0.05, 0) is 252 Å². The van der Waals surface area contributed by atoms with E-state index in [0.29, 0.717) is 77.0 Å². The van der Waals surface area contributed by atoms with Gasteiger partial charge in [-0.1, -0.05) is 41.5 Å². The van der Waals surface area contributed by atoms with Crippen molar-refractivity contribution in [2.75, 3.05) is 55.5 Å². The number of esters is 8. The zero-order valence-electron chi connectivity index (χ0n) is 81.7. The number of carbonyl (C=O) groups is 8. The Bertz CT molecular complexity index is 3290. The number of carbonyl (C=O) groups excluding carboxylic acids is 8. The molecule has 2 saturated carbocycles. The summed E-state index contributed by atoms with van der Waals surface area (Å²) in [6.07, 6.45) is -7.25. The third-order valence-electron chi connectivity index (χ3n) is 32.8. The summed E-state index contributed by atoms with van der Waals surface area (Å²) in [5, 5.41) is 51.0. The highest BCUT2D eigenvalue weighted by Gasteiger charge is 2.70. The summed E-state index contributed by atoms with van der Waals surface area (Å²) in [5.41, 5.74) is -16.4. The first-order valence-electron chi connectivity index (χ1n) is 45.3. The molecule has 26 nitrogen and oxygen atoms in total. The maximum atomic E-state index is 16.3. The average molecular weight is 1710 g/mol. The molecular formula is C95H166N6O20. The van der Waals surface area contributed by atoms with E-state index in [1.807, 2.05) is 153 Å². The van der Waals surface area contributed by atoms with Crippen LogP contribution in [0.2, 0.25) is 0 Å². The first-order valence-corrected chi connectivity index (χ1v) is 45.3. The van der Waals surface area contributed by atoms with Crippen LogP contribution < -0.4 is 0 Å². The molecule has 8 fully saturated rings. The second kappa shape index (κ2) is 34.4. The second-order valence-electron chi connectivity index (χ2n) is 48.1. The van der Waals surface area contributed by atoms with Crippen LogP contribution >= 0.6 is 0 Å². The minimum absolute atomic E-state index is 0.0725. The van der Waals surface area contributed by atoms with Crippen LogP contribution in [0.15, 0.2) is 0 Å². The first-order chi connectivity index (χ1) is 54.6. The van der Waals surface area contributed by atoms with Crippen LogP contribution in [0.25, 0.3) is 0 Å². The summed E-state index contributed by atoms with van der Waals surface area (Å²) in [7, 11) is 12.0. The van der Waals surface area contributed by atoms with E-state index in [1.165, 1.54) is 0 Å². The fourth-order valence-electron chi connectivity index (χ4n) is 24.6. The predicted molar refractivity (Wildman–Crippen MR) is 464 cm³/mol. The van der Waals surface area contributed by atoms with Crippen molar-refractivity contribution < 1.29 is 96.7 Å². The molecule has 1 spiro atoms. The van der Waals surface area contributed by atoms with Crippen LogP contribution in [0.4, 0.5) is 0 Å². The van der Waals surface area contributed by atoms with Gasteiger partial charge in [-0.15, -0.1) is 0 Å². The van der Waals surface area contributed by atoms with Crippen LogP contribution in [0.3, 0.4) is 0 Å². The summed E-state index contributed by atoms with van der Waals surface area (Å²) in [5.74, 6) is -15.9. The molecule has 8 rings (SSSR count). The second-order valence-corrected chi connectivity index (χ2v) is 48.1. The summed E-state index contributed by atoms with van der Waals surface area (Å²) in [4.78, 5) is 142. The van der Waals surface area contributed by atoms with Crippen molar-refractivity contribution in [2.45, 2.75) is 451 Å². The Hall–Kier alpha value is -4.64. The molecule has 8 aliphatic rings.